The fraction of sp³-hybridized carbons (Fsp3) is 0.750. The van der Waals surface area contributed by atoms with E-state index in [1.54, 1.807) is 6.26 Å². The minimum absolute atomic E-state index is 0.131. The number of H-pyrrole nitrogens is 1. The van der Waals surface area contributed by atoms with Crippen molar-refractivity contribution >= 4 is 44.6 Å². The number of aromatic amines is 1. The quantitative estimate of drug-likeness (QED) is 0.0715. The minimum Gasteiger partial charge on any atom is -0.382 e. The standard InChI is InChI=1S/C44H75N5O11S/c1-4-5-10-40-47-42-38-36-37(11-12-39(38)46-44(45)43(42)48-40)9-7-6-8-14-49(2)15-17-52-19-21-54-23-25-56-27-29-58-31-33-60-35-34-59-32-30-57-28-26-55-24-22-53-20-18-51-16-13-41(50)61-3/h11-12,36H,4-10,13-35H2,1-3H3,(H2,45,46)(H,47,48). The van der Waals surface area contributed by atoms with Gasteiger partial charge in [0.2, 0.25) is 0 Å². The zero-order valence-corrected chi connectivity index (χ0v) is 38.1. The lowest BCUT2D eigenvalue weighted by molar-refractivity contribution is -0.112. The average Bonchev–Trinajstić information content (AvgIpc) is 3.71. The number of rotatable bonds is 42. The molecular formula is C44H75N5O11S. The Labute approximate surface area is 367 Å². The molecule has 0 aliphatic carbocycles. The fourth-order valence-corrected chi connectivity index (χ4v) is 6.32. The van der Waals surface area contributed by atoms with Crippen molar-refractivity contribution in [3.63, 3.8) is 0 Å². The van der Waals surface area contributed by atoms with Crippen LogP contribution in [0.2, 0.25) is 0 Å². The van der Waals surface area contributed by atoms with Crippen molar-refractivity contribution in [2.75, 3.05) is 164 Å². The van der Waals surface area contributed by atoms with Gasteiger partial charge in [0.1, 0.15) is 22.7 Å². The second kappa shape index (κ2) is 35.9. The molecule has 0 radical (unpaired) electrons. The van der Waals surface area contributed by atoms with E-state index < -0.39 is 0 Å². The van der Waals surface area contributed by atoms with Gasteiger partial charge >= 0.3 is 0 Å². The number of pyridine rings is 1. The van der Waals surface area contributed by atoms with Gasteiger partial charge in [-0.15, -0.1) is 0 Å². The lowest BCUT2D eigenvalue weighted by atomic mass is 10.0. The molecule has 1 aromatic carbocycles. The smallest absolute Gasteiger partial charge is 0.190 e. The number of benzene rings is 1. The van der Waals surface area contributed by atoms with Crippen LogP contribution in [0.4, 0.5) is 5.82 Å². The van der Waals surface area contributed by atoms with E-state index in [2.05, 4.69) is 47.0 Å². The van der Waals surface area contributed by atoms with Gasteiger partial charge in [0.05, 0.1) is 138 Å². The summed E-state index contributed by atoms with van der Waals surface area (Å²) < 4.78 is 55.2. The normalized spacial score (nSPS) is 11.9. The molecule has 0 saturated heterocycles. The van der Waals surface area contributed by atoms with Gasteiger partial charge in [-0.3, -0.25) is 4.79 Å². The number of nitrogens with zero attached hydrogens (tertiary/aromatic N) is 3. The van der Waals surface area contributed by atoms with Crippen LogP contribution < -0.4 is 5.73 Å². The number of nitrogen functional groups attached to an aromatic ring is 1. The maximum absolute atomic E-state index is 11.1. The number of hydrogen-bond acceptors (Lipinski definition) is 16. The van der Waals surface area contributed by atoms with E-state index in [1.807, 2.05) is 0 Å². The van der Waals surface area contributed by atoms with Crippen LogP contribution in [-0.4, -0.2) is 183 Å². The van der Waals surface area contributed by atoms with E-state index in [-0.39, 0.29) is 5.12 Å². The molecule has 3 aromatic rings. The molecular weight excluding hydrogens is 807 g/mol. The lowest BCUT2D eigenvalue weighted by Gasteiger charge is -2.16. The molecule has 2 heterocycles. The van der Waals surface area contributed by atoms with Gasteiger partial charge in [-0.25, -0.2) is 9.97 Å². The van der Waals surface area contributed by atoms with Crippen molar-refractivity contribution < 1.29 is 52.2 Å². The van der Waals surface area contributed by atoms with Crippen LogP contribution in [-0.2, 0) is 65.0 Å². The number of anilines is 1. The Hall–Kier alpha value is -2.52. The first-order valence-corrected chi connectivity index (χ1v) is 23.3. The summed E-state index contributed by atoms with van der Waals surface area (Å²) in [6, 6.07) is 6.49. The highest BCUT2D eigenvalue weighted by atomic mass is 32.2. The van der Waals surface area contributed by atoms with Crippen molar-refractivity contribution in [3.05, 3.63) is 29.6 Å². The van der Waals surface area contributed by atoms with Gasteiger partial charge in [-0.05, 0) is 63.2 Å². The van der Waals surface area contributed by atoms with Crippen LogP contribution in [0, 0.1) is 0 Å². The van der Waals surface area contributed by atoms with Crippen LogP contribution in [0.15, 0.2) is 18.2 Å². The molecule has 0 unspecified atom stereocenters. The molecule has 0 fully saturated rings. The SMILES string of the molecule is CCCCc1nc2c([nH]1)c(N)nc1ccc(CCCCCN(C)CCOCCOCCOCCOCCOCCOCCOCCOCCOCCOCCC(=O)SC)cc12. The number of aromatic nitrogens is 3. The molecule has 0 atom stereocenters. The Morgan fingerprint density at radius 2 is 1.11 bits per heavy atom. The highest BCUT2D eigenvalue weighted by Crippen LogP contribution is 2.28. The van der Waals surface area contributed by atoms with Gasteiger partial charge in [-0.1, -0.05) is 37.6 Å². The molecule has 0 bridgehead atoms. The Balaban J connectivity index is 0.987. The van der Waals surface area contributed by atoms with Crippen molar-refractivity contribution in [2.24, 2.45) is 0 Å². The minimum atomic E-state index is 0.131. The van der Waals surface area contributed by atoms with Gasteiger partial charge in [0.15, 0.2) is 5.12 Å². The van der Waals surface area contributed by atoms with E-state index in [0.29, 0.717) is 144 Å². The van der Waals surface area contributed by atoms with Crippen LogP contribution in [0.3, 0.4) is 0 Å². The summed E-state index contributed by atoms with van der Waals surface area (Å²) in [6.45, 7) is 14.4. The number of thioether (sulfide) groups is 1. The fourth-order valence-electron chi connectivity index (χ4n) is 6.04. The Morgan fingerprint density at radius 1 is 0.623 bits per heavy atom. The van der Waals surface area contributed by atoms with Gasteiger partial charge < -0.3 is 63.0 Å². The first-order valence-electron chi connectivity index (χ1n) is 22.1. The van der Waals surface area contributed by atoms with E-state index in [9.17, 15) is 4.79 Å². The predicted octanol–water partition coefficient (Wildman–Crippen LogP) is 5.13. The third kappa shape index (κ3) is 25.4. The number of fused-ring (bicyclic) bond motifs is 3. The molecule has 0 aliphatic heterocycles. The van der Waals surface area contributed by atoms with Crippen molar-refractivity contribution in [2.45, 2.75) is 58.3 Å². The van der Waals surface area contributed by atoms with E-state index in [0.717, 1.165) is 79.4 Å². The molecule has 0 saturated carbocycles. The first-order chi connectivity index (χ1) is 30.0. The number of carbonyl (C=O) groups is 1. The monoisotopic (exact) mass is 882 g/mol. The van der Waals surface area contributed by atoms with E-state index in [1.165, 1.54) is 23.7 Å². The molecule has 61 heavy (non-hydrogen) atoms. The molecule has 0 aliphatic rings. The Kier molecular flexibility index (Phi) is 31.1. The van der Waals surface area contributed by atoms with Gasteiger partial charge in [0.25, 0.3) is 0 Å². The van der Waals surface area contributed by atoms with Crippen molar-refractivity contribution in [3.8, 4) is 0 Å². The number of unbranched alkanes of at least 4 members (excludes halogenated alkanes) is 3. The molecule has 0 amide bonds. The topological polar surface area (TPSA) is 180 Å². The van der Waals surface area contributed by atoms with Crippen LogP contribution in [0.5, 0.6) is 0 Å². The van der Waals surface area contributed by atoms with Crippen LogP contribution in [0.25, 0.3) is 21.9 Å². The summed E-state index contributed by atoms with van der Waals surface area (Å²) in [5, 5.41) is 1.21. The Bertz CT molecular complexity index is 1540. The summed E-state index contributed by atoms with van der Waals surface area (Å²) in [5.74, 6) is 1.50. The third-order valence-electron chi connectivity index (χ3n) is 9.48. The van der Waals surface area contributed by atoms with Crippen molar-refractivity contribution in [1.29, 1.82) is 0 Å². The van der Waals surface area contributed by atoms with Crippen LogP contribution >= 0.6 is 11.8 Å². The third-order valence-corrected chi connectivity index (χ3v) is 10.1. The first kappa shape index (κ1) is 52.8. The number of likely N-dealkylation sites (N-methyl/N-ethyl adjacent to an activating group) is 1. The maximum atomic E-state index is 11.1. The second-order valence-electron chi connectivity index (χ2n) is 14.4. The molecule has 17 heteroatoms. The highest BCUT2D eigenvalue weighted by molar-refractivity contribution is 8.13. The summed E-state index contributed by atoms with van der Waals surface area (Å²) in [6.07, 6.45) is 9.86. The molecule has 3 rings (SSSR count). The predicted molar refractivity (Wildman–Crippen MR) is 241 cm³/mol. The summed E-state index contributed by atoms with van der Waals surface area (Å²) >= 11 is 1.22. The number of imidazole rings is 1. The van der Waals surface area contributed by atoms with Crippen LogP contribution in [0.1, 0.15) is 56.8 Å². The number of carbonyl (C=O) groups excluding carboxylic acids is 1. The van der Waals surface area contributed by atoms with Crippen molar-refractivity contribution in [1.82, 2.24) is 19.9 Å². The summed E-state index contributed by atoms with van der Waals surface area (Å²) in [5.41, 5.74) is 10.2. The number of aryl methyl sites for hydroxylation is 2. The van der Waals surface area contributed by atoms with Gasteiger partial charge in [0, 0.05) is 24.8 Å². The number of nitrogens with two attached hydrogens (primary N) is 1. The number of nitrogens with one attached hydrogen (secondary N) is 1. The Morgan fingerprint density at radius 3 is 1.61 bits per heavy atom. The number of hydrogen-bond donors (Lipinski definition) is 2. The lowest BCUT2D eigenvalue weighted by Crippen LogP contribution is -2.25. The summed E-state index contributed by atoms with van der Waals surface area (Å²) in [4.78, 5) is 26.4. The molecule has 2 aromatic heterocycles. The van der Waals surface area contributed by atoms with E-state index >= 15 is 0 Å². The molecule has 3 N–H and O–H groups in total. The second-order valence-corrected chi connectivity index (χ2v) is 15.3. The number of ether oxygens (including phenoxy) is 10. The maximum Gasteiger partial charge on any atom is 0.190 e. The summed E-state index contributed by atoms with van der Waals surface area (Å²) in [7, 11) is 2.15. The molecule has 0 spiro atoms. The molecule has 16 nitrogen and oxygen atoms in total. The zero-order valence-electron chi connectivity index (χ0n) is 37.3. The average molecular weight is 882 g/mol. The van der Waals surface area contributed by atoms with E-state index in [4.69, 9.17) is 58.1 Å². The largest absolute Gasteiger partial charge is 0.382 e. The van der Waals surface area contributed by atoms with Gasteiger partial charge in [-0.2, -0.15) is 0 Å². The highest BCUT2D eigenvalue weighted by Gasteiger charge is 2.12. The zero-order chi connectivity index (χ0) is 43.4. The molecule has 348 valence electrons.